The lowest BCUT2D eigenvalue weighted by atomic mass is 9.96. The minimum Gasteiger partial charge on any atom is -0.360 e. The fourth-order valence-corrected chi connectivity index (χ4v) is 5.89. The molecule has 4 rings (SSSR count). The molecule has 1 amide bonds. The van der Waals surface area contributed by atoms with Gasteiger partial charge in [0.25, 0.3) is 0 Å². The zero-order valence-corrected chi connectivity index (χ0v) is 18.0. The van der Waals surface area contributed by atoms with E-state index in [1.165, 1.54) is 10.4 Å². The summed E-state index contributed by atoms with van der Waals surface area (Å²) in [5.74, 6) is -0.296. The predicted molar refractivity (Wildman–Crippen MR) is 107 cm³/mol. The van der Waals surface area contributed by atoms with Crippen molar-refractivity contribution in [2.45, 2.75) is 57.0 Å². The fraction of sp³-hybridized carbons (Fsp3) is 0.524. The van der Waals surface area contributed by atoms with E-state index >= 15 is 0 Å². The van der Waals surface area contributed by atoms with E-state index in [0.29, 0.717) is 24.1 Å². The number of nitrogens with zero attached hydrogens (tertiary/aromatic N) is 3. The lowest BCUT2D eigenvalue weighted by Gasteiger charge is -2.34. The number of halogens is 1. The summed E-state index contributed by atoms with van der Waals surface area (Å²) >= 11 is 0. The summed E-state index contributed by atoms with van der Waals surface area (Å²) in [7, 11) is -3.70. The SMILES string of the molecule is Cc1noc(C)c1S(=O)(=O)N1CCC(C(=O)N(Cc2ccccc2F)C2CC2)CC1. The molecule has 162 valence electrons. The number of amides is 1. The van der Waals surface area contributed by atoms with Crippen LogP contribution < -0.4 is 0 Å². The van der Waals surface area contributed by atoms with Crippen LogP contribution in [0.4, 0.5) is 4.39 Å². The Bertz CT molecular complexity index is 1020. The Hall–Kier alpha value is -2.26. The number of sulfonamides is 1. The van der Waals surface area contributed by atoms with Crippen LogP contribution in [0, 0.1) is 25.6 Å². The third-order valence-electron chi connectivity index (χ3n) is 5.94. The molecule has 9 heteroatoms. The Morgan fingerprint density at radius 3 is 2.43 bits per heavy atom. The van der Waals surface area contributed by atoms with Gasteiger partial charge in [-0.2, -0.15) is 4.31 Å². The third kappa shape index (κ3) is 4.00. The first-order valence-corrected chi connectivity index (χ1v) is 11.7. The molecule has 1 saturated heterocycles. The van der Waals surface area contributed by atoms with Gasteiger partial charge in [0.2, 0.25) is 15.9 Å². The first kappa shape index (κ1) is 21.0. The number of benzene rings is 1. The van der Waals surface area contributed by atoms with Crippen LogP contribution in [0.5, 0.6) is 0 Å². The standard InChI is InChI=1S/C21H26FN3O4S/c1-14-20(15(2)29-23-14)30(27,28)24-11-9-16(10-12-24)21(26)25(18-7-8-18)13-17-5-3-4-6-19(17)22/h3-6,16,18H,7-13H2,1-2H3. The van der Waals surface area contributed by atoms with E-state index in [1.54, 1.807) is 36.9 Å². The minimum atomic E-state index is -3.70. The molecule has 7 nitrogen and oxygen atoms in total. The minimum absolute atomic E-state index is 0.00450. The van der Waals surface area contributed by atoms with Crippen LogP contribution in [0.25, 0.3) is 0 Å². The zero-order valence-electron chi connectivity index (χ0n) is 17.2. The van der Waals surface area contributed by atoms with E-state index in [0.717, 1.165) is 12.8 Å². The van der Waals surface area contributed by atoms with Crippen molar-refractivity contribution >= 4 is 15.9 Å². The Balaban J connectivity index is 1.44. The summed E-state index contributed by atoms with van der Waals surface area (Å²) in [5.41, 5.74) is 0.853. The second-order valence-electron chi connectivity index (χ2n) is 8.12. The largest absolute Gasteiger partial charge is 0.360 e. The summed E-state index contributed by atoms with van der Waals surface area (Å²) in [6, 6.07) is 6.67. The van der Waals surface area contributed by atoms with E-state index in [9.17, 15) is 17.6 Å². The van der Waals surface area contributed by atoms with Gasteiger partial charge in [-0.15, -0.1) is 0 Å². The third-order valence-corrected chi connectivity index (χ3v) is 8.08. The molecular formula is C21H26FN3O4S. The number of carbonyl (C=O) groups excluding carboxylic acids is 1. The molecule has 0 bridgehead atoms. The molecule has 1 aromatic carbocycles. The van der Waals surface area contributed by atoms with E-state index in [1.807, 2.05) is 0 Å². The zero-order chi connectivity index (χ0) is 21.5. The molecule has 1 aromatic heterocycles. The lowest BCUT2D eigenvalue weighted by Crippen LogP contribution is -2.45. The van der Waals surface area contributed by atoms with Gasteiger partial charge >= 0.3 is 0 Å². The van der Waals surface area contributed by atoms with Crippen LogP contribution in [0.2, 0.25) is 0 Å². The van der Waals surface area contributed by atoms with Gasteiger partial charge in [0.05, 0.1) is 0 Å². The highest BCUT2D eigenvalue weighted by atomic mass is 32.2. The fourth-order valence-electron chi connectivity index (χ4n) is 4.13. The van der Waals surface area contributed by atoms with Crippen LogP contribution in [0.15, 0.2) is 33.7 Å². The Labute approximate surface area is 175 Å². The lowest BCUT2D eigenvalue weighted by molar-refractivity contribution is -0.138. The molecule has 1 aliphatic heterocycles. The van der Waals surface area contributed by atoms with Crippen molar-refractivity contribution in [3.8, 4) is 0 Å². The summed E-state index contributed by atoms with van der Waals surface area (Å²) in [5, 5.41) is 3.74. The molecule has 1 aliphatic carbocycles. The number of aromatic nitrogens is 1. The Morgan fingerprint density at radius 1 is 1.20 bits per heavy atom. The Morgan fingerprint density at radius 2 is 1.87 bits per heavy atom. The van der Waals surface area contributed by atoms with E-state index in [2.05, 4.69) is 5.16 Å². The van der Waals surface area contributed by atoms with E-state index < -0.39 is 10.0 Å². The molecule has 0 N–H and O–H groups in total. The summed E-state index contributed by atoms with van der Waals surface area (Å²) in [6.07, 6.45) is 2.75. The van der Waals surface area contributed by atoms with Crippen molar-refractivity contribution in [2.75, 3.05) is 13.1 Å². The second-order valence-corrected chi connectivity index (χ2v) is 10.00. The smallest absolute Gasteiger partial charge is 0.248 e. The van der Waals surface area contributed by atoms with Crippen LogP contribution in [-0.4, -0.2) is 47.8 Å². The quantitative estimate of drug-likeness (QED) is 0.697. The molecule has 2 aliphatic rings. The molecule has 30 heavy (non-hydrogen) atoms. The van der Waals surface area contributed by atoms with Gasteiger partial charge in [0.1, 0.15) is 16.4 Å². The van der Waals surface area contributed by atoms with Gasteiger partial charge in [-0.25, -0.2) is 12.8 Å². The average molecular weight is 436 g/mol. The molecule has 0 unspecified atom stereocenters. The van der Waals surface area contributed by atoms with E-state index in [4.69, 9.17) is 4.52 Å². The van der Waals surface area contributed by atoms with Crippen molar-refractivity contribution in [3.63, 3.8) is 0 Å². The van der Waals surface area contributed by atoms with Crippen LogP contribution in [0.3, 0.4) is 0 Å². The highest BCUT2D eigenvalue weighted by molar-refractivity contribution is 7.89. The topological polar surface area (TPSA) is 83.7 Å². The van der Waals surface area contributed by atoms with Crippen molar-refractivity contribution in [1.82, 2.24) is 14.4 Å². The maximum Gasteiger partial charge on any atom is 0.248 e. The number of piperidine rings is 1. The summed E-state index contributed by atoms with van der Waals surface area (Å²) in [4.78, 5) is 15.1. The molecule has 2 aromatic rings. The number of aryl methyl sites for hydroxylation is 2. The van der Waals surface area contributed by atoms with Gasteiger partial charge in [0.15, 0.2) is 5.76 Å². The van der Waals surface area contributed by atoms with Gasteiger partial charge in [-0.05, 0) is 45.6 Å². The van der Waals surface area contributed by atoms with Crippen LogP contribution >= 0.6 is 0 Å². The monoisotopic (exact) mass is 435 g/mol. The summed E-state index contributed by atoms with van der Waals surface area (Å²) in [6.45, 7) is 3.98. The van der Waals surface area contributed by atoms with Gasteiger partial charge in [-0.1, -0.05) is 23.4 Å². The maximum atomic E-state index is 14.1. The molecular weight excluding hydrogens is 409 g/mol. The molecule has 0 spiro atoms. The number of hydrogen-bond acceptors (Lipinski definition) is 5. The first-order chi connectivity index (χ1) is 14.3. The normalized spacial score (nSPS) is 18.5. The van der Waals surface area contributed by atoms with Gasteiger partial charge < -0.3 is 9.42 Å². The molecule has 0 radical (unpaired) electrons. The van der Waals surface area contributed by atoms with Crippen LogP contribution in [0.1, 0.15) is 42.7 Å². The average Bonchev–Trinajstić information content (AvgIpc) is 3.50. The molecule has 2 fully saturated rings. The summed E-state index contributed by atoms with van der Waals surface area (Å²) < 4.78 is 46.5. The predicted octanol–water partition coefficient (Wildman–Crippen LogP) is 3.02. The number of carbonyl (C=O) groups is 1. The molecule has 0 atom stereocenters. The Kier molecular flexibility index (Phi) is 5.67. The van der Waals surface area contributed by atoms with Gasteiger partial charge in [-0.3, -0.25) is 4.79 Å². The van der Waals surface area contributed by atoms with Crippen molar-refractivity contribution in [2.24, 2.45) is 5.92 Å². The number of rotatable bonds is 6. The van der Waals surface area contributed by atoms with E-state index in [-0.39, 0.29) is 54.0 Å². The van der Waals surface area contributed by atoms with Crippen molar-refractivity contribution in [3.05, 3.63) is 47.1 Å². The number of hydrogen-bond donors (Lipinski definition) is 0. The second kappa shape index (κ2) is 8.11. The van der Waals surface area contributed by atoms with Crippen LogP contribution in [-0.2, 0) is 21.4 Å². The highest BCUT2D eigenvalue weighted by Gasteiger charge is 2.40. The first-order valence-electron chi connectivity index (χ1n) is 10.3. The van der Waals surface area contributed by atoms with Crippen molar-refractivity contribution < 1.29 is 22.1 Å². The van der Waals surface area contributed by atoms with Gasteiger partial charge in [0, 0.05) is 37.2 Å². The van der Waals surface area contributed by atoms with Crippen molar-refractivity contribution in [1.29, 1.82) is 0 Å². The molecule has 1 saturated carbocycles. The highest BCUT2D eigenvalue weighted by Crippen LogP contribution is 2.33. The maximum absolute atomic E-state index is 14.1. The molecule has 2 heterocycles.